The number of aliphatic imine (C=N–C) groups is 1. The first-order valence-corrected chi connectivity index (χ1v) is 20.7. The third kappa shape index (κ3) is 6.67. The summed E-state index contributed by atoms with van der Waals surface area (Å²) in [6, 6.07) is 25.8. The number of Topliss-reactive ketones (excluding diaryl/α,β-unsaturated/α-hetero) is 1. The zero-order valence-corrected chi connectivity index (χ0v) is 35.3. The highest BCUT2D eigenvalue weighted by molar-refractivity contribution is 5.98. The maximum absolute atomic E-state index is 15.7. The molecule has 2 saturated carbocycles. The fourth-order valence-electron chi connectivity index (χ4n) is 10.7. The fraction of sp³-hybridized carbons (Fsp3) is 0.458. The van der Waals surface area contributed by atoms with Gasteiger partial charge < -0.3 is 33.5 Å². The quantitative estimate of drug-likeness (QED) is 0.158. The molecule has 2 bridgehead atoms. The molecule has 3 aromatic carbocycles. The third-order valence-electron chi connectivity index (χ3n) is 14.1. The minimum Gasteiger partial charge on any atom is -0.459 e. The molecule has 1 saturated heterocycles. The molecular formula is C48H51NO12. The molecular weight excluding hydrogens is 783 g/mol. The van der Waals surface area contributed by atoms with Crippen LogP contribution in [-0.2, 0) is 47.6 Å². The van der Waals surface area contributed by atoms with E-state index in [0.29, 0.717) is 16.7 Å². The molecule has 61 heavy (non-hydrogen) atoms. The number of fused-ring (bicyclic) bond motifs is 5. The van der Waals surface area contributed by atoms with E-state index in [1.807, 2.05) is 67.6 Å². The molecule has 0 radical (unpaired) electrons. The number of ether oxygens (including phenoxy) is 6. The first-order valence-electron chi connectivity index (χ1n) is 20.7. The van der Waals surface area contributed by atoms with Gasteiger partial charge in [-0.05, 0) is 60.2 Å². The summed E-state index contributed by atoms with van der Waals surface area (Å²) < 4.78 is 37.6. The lowest BCUT2D eigenvalue weighted by molar-refractivity contribution is -0.340. The SMILES string of the molecule is CC(=O)O[C@H]1C(=O)[C@@]2(C)[C@H]([C@H](OC(=O)c3ccccc3)[C@]3(O)C[C@H](OC(=O)[C@@H]4OC(c5ccccc5)=N[C@@H]4c4ccccc4)C(C)=C1C3(C)C)[C@]1(OC(C)=O)CO[C@@H]1C[C@@H]2C. The number of hydrogen-bond donors (Lipinski definition) is 1. The maximum Gasteiger partial charge on any atom is 0.350 e. The van der Waals surface area contributed by atoms with Crippen molar-refractivity contribution in [2.24, 2.45) is 27.7 Å². The van der Waals surface area contributed by atoms with Crippen LogP contribution < -0.4 is 0 Å². The molecule has 1 N–H and O–H groups in total. The van der Waals surface area contributed by atoms with Crippen LogP contribution >= 0.6 is 0 Å². The van der Waals surface area contributed by atoms with E-state index in [1.165, 1.54) is 13.8 Å². The Balaban J connectivity index is 1.29. The summed E-state index contributed by atoms with van der Waals surface area (Å²) in [5, 5.41) is 13.8. The summed E-state index contributed by atoms with van der Waals surface area (Å²) in [6.45, 7) is 10.9. The molecule has 3 aliphatic carbocycles. The molecule has 5 aliphatic rings. The van der Waals surface area contributed by atoms with Gasteiger partial charge in [-0.3, -0.25) is 14.4 Å². The summed E-state index contributed by atoms with van der Waals surface area (Å²) >= 11 is 0. The van der Waals surface area contributed by atoms with E-state index < -0.39 is 100 Å². The Labute approximate surface area is 354 Å². The van der Waals surface area contributed by atoms with Crippen LogP contribution in [0, 0.1) is 22.7 Å². The van der Waals surface area contributed by atoms with Crippen LogP contribution in [0.4, 0.5) is 0 Å². The number of carbonyl (C=O) groups is 5. The molecule has 2 heterocycles. The average molecular weight is 834 g/mol. The monoisotopic (exact) mass is 833 g/mol. The number of benzene rings is 3. The molecule has 0 aromatic heterocycles. The number of hydrogen-bond acceptors (Lipinski definition) is 13. The predicted molar refractivity (Wildman–Crippen MR) is 219 cm³/mol. The lowest BCUT2D eigenvalue weighted by Crippen LogP contribution is -2.80. The number of aliphatic hydroxyl groups is 1. The highest BCUT2D eigenvalue weighted by Crippen LogP contribution is 2.65. The number of ketones is 1. The van der Waals surface area contributed by atoms with Gasteiger partial charge >= 0.3 is 23.9 Å². The normalized spacial score (nSPS) is 34.8. The van der Waals surface area contributed by atoms with E-state index in [4.69, 9.17) is 33.4 Å². The maximum atomic E-state index is 15.7. The van der Waals surface area contributed by atoms with Crippen LogP contribution in [-0.4, -0.2) is 89.0 Å². The van der Waals surface area contributed by atoms with Gasteiger partial charge in [0.2, 0.25) is 12.0 Å². The Morgan fingerprint density at radius 1 is 0.836 bits per heavy atom. The lowest BCUT2D eigenvalue weighted by Gasteiger charge is -2.68. The van der Waals surface area contributed by atoms with Gasteiger partial charge in [0.15, 0.2) is 17.5 Å². The predicted octanol–water partition coefficient (Wildman–Crippen LogP) is 6.07. The van der Waals surface area contributed by atoms with Crippen molar-refractivity contribution in [1.82, 2.24) is 0 Å². The van der Waals surface area contributed by atoms with Gasteiger partial charge in [-0.2, -0.15) is 0 Å². The van der Waals surface area contributed by atoms with Gasteiger partial charge in [-0.15, -0.1) is 0 Å². The number of nitrogens with zero attached hydrogens (tertiary/aromatic N) is 1. The fourth-order valence-corrected chi connectivity index (χ4v) is 10.7. The van der Waals surface area contributed by atoms with E-state index in [2.05, 4.69) is 0 Å². The highest BCUT2D eigenvalue weighted by atomic mass is 16.6. The van der Waals surface area contributed by atoms with Crippen LogP contribution in [0.15, 0.2) is 107 Å². The summed E-state index contributed by atoms with van der Waals surface area (Å²) in [5.41, 5.74) is -4.70. The molecule has 13 heteroatoms. The summed E-state index contributed by atoms with van der Waals surface area (Å²) in [5.74, 6) is -5.10. The molecule has 2 aliphatic heterocycles. The van der Waals surface area contributed by atoms with Gasteiger partial charge in [0.25, 0.3) is 0 Å². The Morgan fingerprint density at radius 2 is 1.46 bits per heavy atom. The van der Waals surface area contributed by atoms with Crippen LogP contribution in [0.3, 0.4) is 0 Å². The van der Waals surface area contributed by atoms with Crippen molar-refractivity contribution < 1.29 is 57.5 Å². The highest BCUT2D eigenvalue weighted by Gasteiger charge is 2.77. The Kier molecular flexibility index (Phi) is 10.6. The Hall–Kier alpha value is -5.66. The van der Waals surface area contributed by atoms with Crippen molar-refractivity contribution in [3.63, 3.8) is 0 Å². The van der Waals surface area contributed by atoms with Crippen molar-refractivity contribution in [3.8, 4) is 0 Å². The van der Waals surface area contributed by atoms with Crippen LogP contribution in [0.5, 0.6) is 0 Å². The third-order valence-corrected chi connectivity index (χ3v) is 14.1. The zero-order valence-electron chi connectivity index (χ0n) is 35.3. The lowest BCUT2D eigenvalue weighted by atomic mass is 9.43. The zero-order chi connectivity index (χ0) is 43.6. The molecule has 13 nitrogen and oxygen atoms in total. The first kappa shape index (κ1) is 42.0. The second-order valence-electron chi connectivity index (χ2n) is 17.8. The van der Waals surface area contributed by atoms with Crippen LogP contribution in [0.2, 0.25) is 0 Å². The number of carbonyl (C=O) groups excluding carboxylic acids is 5. The van der Waals surface area contributed by atoms with Crippen molar-refractivity contribution in [2.75, 3.05) is 6.61 Å². The van der Waals surface area contributed by atoms with Crippen molar-refractivity contribution in [1.29, 1.82) is 0 Å². The van der Waals surface area contributed by atoms with Gasteiger partial charge in [0, 0.05) is 36.7 Å². The number of esters is 4. The molecule has 3 aromatic rings. The second kappa shape index (κ2) is 15.4. The summed E-state index contributed by atoms with van der Waals surface area (Å²) in [7, 11) is 0. The average Bonchev–Trinajstić information content (AvgIpc) is 3.69. The van der Waals surface area contributed by atoms with Crippen LogP contribution in [0.1, 0.15) is 88.8 Å². The van der Waals surface area contributed by atoms with E-state index in [1.54, 1.807) is 58.0 Å². The topological polar surface area (TPSA) is 173 Å². The van der Waals surface area contributed by atoms with Crippen LogP contribution in [0.25, 0.3) is 0 Å². The minimum absolute atomic E-state index is 0.157. The number of rotatable bonds is 8. The Morgan fingerprint density at radius 3 is 2.05 bits per heavy atom. The smallest absolute Gasteiger partial charge is 0.350 e. The van der Waals surface area contributed by atoms with Crippen molar-refractivity contribution in [3.05, 3.63) is 119 Å². The Bertz CT molecular complexity index is 2310. The molecule has 0 unspecified atom stereocenters. The van der Waals surface area contributed by atoms with E-state index in [0.717, 1.165) is 0 Å². The molecule has 11 atom stereocenters. The van der Waals surface area contributed by atoms with E-state index in [-0.39, 0.29) is 36.5 Å². The molecule has 0 spiro atoms. The van der Waals surface area contributed by atoms with Crippen molar-refractivity contribution in [2.45, 2.75) is 109 Å². The van der Waals surface area contributed by atoms with Gasteiger partial charge in [0.1, 0.15) is 30.0 Å². The van der Waals surface area contributed by atoms with E-state index in [9.17, 15) is 24.3 Å². The molecule has 8 rings (SSSR count). The largest absolute Gasteiger partial charge is 0.459 e. The molecule has 3 fully saturated rings. The second-order valence-corrected chi connectivity index (χ2v) is 17.8. The van der Waals surface area contributed by atoms with Gasteiger partial charge in [0.05, 0.1) is 18.1 Å². The summed E-state index contributed by atoms with van der Waals surface area (Å²) in [4.78, 5) is 75.7. The molecule has 0 amide bonds. The minimum atomic E-state index is -2.19. The van der Waals surface area contributed by atoms with Gasteiger partial charge in [-0.25, -0.2) is 14.6 Å². The van der Waals surface area contributed by atoms with Crippen molar-refractivity contribution >= 4 is 35.6 Å². The van der Waals surface area contributed by atoms with Gasteiger partial charge in [-0.1, -0.05) is 94.4 Å². The first-order chi connectivity index (χ1) is 28.9. The van der Waals surface area contributed by atoms with E-state index >= 15 is 4.79 Å². The standard InChI is InChI=1S/C48H51NO12/c1-26-23-34-47(25-56-34,61-29(4)51)39-41(60-43(53)32-21-15-10-16-22-32)48(55)24-33(27(2)35(45(48,5)6)37(57-28(3)50)40(52)46(26,39)7)58-44(54)38-36(30-17-11-8-12-18-30)49-42(59-38)31-19-13-9-14-20-31/h8-22,26,33-34,36-39,41,55H,23-25H2,1-7H3/t26-,33-,34+,36+,37+,38+,39-,41-,46+,47-,48+/m0/s1. The summed E-state index contributed by atoms with van der Waals surface area (Å²) in [6.07, 6.45) is -6.50. The molecule has 320 valence electrons.